The van der Waals surface area contributed by atoms with Crippen LogP contribution in [-0.4, -0.2) is 13.2 Å². The largest absolute Gasteiger partial charge is 0.216 e. The zero-order valence-corrected chi connectivity index (χ0v) is 11.0. The smallest absolute Gasteiger partial charge is 0.212 e. The molecule has 0 radical (unpaired) electrons. The second-order valence-corrected chi connectivity index (χ2v) is 7.27. The van der Waals surface area contributed by atoms with Crippen LogP contribution in [-0.2, 0) is 16.6 Å². The first-order valence-electron chi connectivity index (χ1n) is 5.24. The Balaban J connectivity index is 2.72. The fraction of sp³-hybridized carbons (Fsp3) is 0.417. The molecule has 17 heavy (non-hydrogen) atoms. The average molecular weight is 252 g/mol. The van der Waals surface area contributed by atoms with Gasteiger partial charge in [-0.2, -0.15) is 5.26 Å². The van der Waals surface area contributed by atoms with Gasteiger partial charge in [-0.1, -0.05) is 12.1 Å². The molecule has 92 valence electrons. The monoisotopic (exact) mass is 252 g/mol. The quantitative estimate of drug-likeness (QED) is 0.891. The molecule has 0 spiro atoms. The Bertz CT molecular complexity index is 519. The fourth-order valence-electron chi connectivity index (χ4n) is 1.09. The SMILES string of the molecule is CC(C)(C)S(=O)(=O)NCc1ccc(C#N)cc1. The van der Waals surface area contributed by atoms with E-state index < -0.39 is 14.8 Å². The zero-order valence-electron chi connectivity index (χ0n) is 10.2. The van der Waals surface area contributed by atoms with Crippen molar-refractivity contribution in [3.63, 3.8) is 0 Å². The van der Waals surface area contributed by atoms with Gasteiger partial charge < -0.3 is 0 Å². The summed E-state index contributed by atoms with van der Waals surface area (Å²) in [6.07, 6.45) is 0. The number of benzene rings is 1. The van der Waals surface area contributed by atoms with E-state index in [1.165, 1.54) is 0 Å². The fourth-order valence-corrected chi connectivity index (χ4v) is 1.88. The molecule has 1 aromatic carbocycles. The summed E-state index contributed by atoms with van der Waals surface area (Å²) >= 11 is 0. The lowest BCUT2D eigenvalue weighted by molar-refractivity contribution is 0.544. The van der Waals surface area contributed by atoms with E-state index in [2.05, 4.69) is 4.72 Å². The molecule has 5 heteroatoms. The molecule has 0 aliphatic carbocycles. The molecule has 0 saturated carbocycles. The lowest BCUT2D eigenvalue weighted by Crippen LogP contribution is -2.38. The van der Waals surface area contributed by atoms with E-state index in [0.29, 0.717) is 5.56 Å². The second-order valence-electron chi connectivity index (χ2n) is 4.75. The first kappa shape index (κ1) is 13.7. The van der Waals surface area contributed by atoms with E-state index in [-0.39, 0.29) is 6.54 Å². The van der Waals surface area contributed by atoms with Gasteiger partial charge in [-0.25, -0.2) is 13.1 Å². The van der Waals surface area contributed by atoms with E-state index in [4.69, 9.17) is 5.26 Å². The van der Waals surface area contributed by atoms with Gasteiger partial charge in [0.1, 0.15) is 0 Å². The lowest BCUT2D eigenvalue weighted by atomic mass is 10.1. The average Bonchev–Trinajstić information content (AvgIpc) is 2.25. The highest BCUT2D eigenvalue weighted by Gasteiger charge is 2.28. The summed E-state index contributed by atoms with van der Waals surface area (Å²) in [4.78, 5) is 0. The highest BCUT2D eigenvalue weighted by molar-refractivity contribution is 7.90. The number of nitrogens with zero attached hydrogens (tertiary/aromatic N) is 1. The highest BCUT2D eigenvalue weighted by Crippen LogP contribution is 2.14. The van der Waals surface area contributed by atoms with Crippen LogP contribution in [0, 0.1) is 11.3 Å². The number of hydrogen-bond acceptors (Lipinski definition) is 3. The maximum Gasteiger partial charge on any atom is 0.216 e. The maximum absolute atomic E-state index is 11.8. The van der Waals surface area contributed by atoms with E-state index in [1.54, 1.807) is 45.0 Å². The molecule has 0 fully saturated rings. The van der Waals surface area contributed by atoms with Crippen LogP contribution in [0.1, 0.15) is 31.9 Å². The predicted molar refractivity (Wildman–Crippen MR) is 66.7 cm³/mol. The molecule has 0 atom stereocenters. The van der Waals surface area contributed by atoms with Crippen molar-refractivity contribution in [2.75, 3.05) is 0 Å². The van der Waals surface area contributed by atoms with Crippen molar-refractivity contribution < 1.29 is 8.42 Å². The first-order valence-corrected chi connectivity index (χ1v) is 6.73. The third kappa shape index (κ3) is 3.55. The number of rotatable bonds is 3. The summed E-state index contributed by atoms with van der Waals surface area (Å²) in [7, 11) is -3.33. The molecule has 1 aromatic rings. The van der Waals surface area contributed by atoms with Gasteiger partial charge in [-0.05, 0) is 38.5 Å². The summed E-state index contributed by atoms with van der Waals surface area (Å²) in [5.74, 6) is 0. The normalized spacial score (nSPS) is 12.1. The van der Waals surface area contributed by atoms with E-state index in [1.807, 2.05) is 6.07 Å². The standard InChI is InChI=1S/C12H16N2O2S/c1-12(2,3)17(15,16)14-9-11-6-4-10(8-13)5-7-11/h4-7,14H,9H2,1-3H3. The molecular weight excluding hydrogens is 236 g/mol. The van der Waals surface area contributed by atoms with Gasteiger partial charge in [0.25, 0.3) is 0 Å². The van der Waals surface area contributed by atoms with Crippen LogP contribution in [0.4, 0.5) is 0 Å². The van der Waals surface area contributed by atoms with Crippen molar-refractivity contribution in [2.24, 2.45) is 0 Å². The molecule has 0 aliphatic heterocycles. The van der Waals surface area contributed by atoms with Gasteiger partial charge in [0.2, 0.25) is 10.0 Å². The van der Waals surface area contributed by atoms with Crippen molar-refractivity contribution in [3.05, 3.63) is 35.4 Å². The molecule has 0 aromatic heterocycles. The van der Waals surface area contributed by atoms with Gasteiger partial charge in [-0.3, -0.25) is 0 Å². The van der Waals surface area contributed by atoms with Crippen LogP contribution in [0.25, 0.3) is 0 Å². The Morgan fingerprint density at radius 2 is 1.76 bits per heavy atom. The summed E-state index contributed by atoms with van der Waals surface area (Å²) < 4.78 is 25.3. The Kier molecular flexibility index (Phi) is 3.91. The Hall–Kier alpha value is -1.38. The van der Waals surface area contributed by atoms with Crippen molar-refractivity contribution in [1.82, 2.24) is 4.72 Å². The Morgan fingerprint density at radius 1 is 1.24 bits per heavy atom. The lowest BCUT2D eigenvalue weighted by Gasteiger charge is -2.19. The highest BCUT2D eigenvalue weighted by atomic mass is 32.2. The van der Waals surface area contributed by atoms with Crippen molar-refractivity contribution >= 4 is 10.0 Å². The van der Waals surface area contributed by atoms with Crippen LogP contribution in [0.3, 0.4) is 0 Å². The van der Waals surface area contributed by atoms with Crippen LogP contribution in [0.2, 0.25) is 0 Å². The summed E-state index contributed by atoms with van der Waals surface area (Å²) in [5, 5.41) is 8.63. The third-order valence-corrected chi connectivity index (χ3v) is 4.49. The molecule has 0 heterocycles. The number of hydrogen-bond donors (Lipinski definition) is 1. The maximum atomic E-state index is 11.8. The third-order valence-electron chi connectivity index (χ3n) is 2.36. The topological polar surface area (TPSA) is 70.0 Å². The molecule has 4 nitrogen and oxygen atoms in total. The summed E-state index contributed by atoms with van der Waals surface area (Å²) in [6.45, 7) is 5.18. The minimum Gasteiger partial charge on any atom is -0.212 e. The van der Waals surface area contributed by atoms with Crippen LogP contribution >= 0.6 is 0 Å². The molecular formula is C12H16N2O2S. The van der Waals surface area contributed by atoms with Gasteiger partial charge in [0.15, 0.2) is 0 Å². The zero-order chi connectivity index (χ0) is 13.1. The van der Waals surface area contributed by atoms with Gasteiger partial charge in [0, 0.05) is 6.54 Å². The Labute approximate surface area is 102 Å². The molecule has 0 amide bonds. The number of nitriles is 1. The van der Waals surface area contributed by atoms with E-state index in [0.717, 1.165) is 5.56 Å². The molecule has 1 N–H and O–H groups in total. The van der Waals surface area contributed by atoms with Crippen molar-refractivity contribution in [3.8, 4) is 6.07 Å². The number of sulfonamides is 1. The molecule has 1 rings (SSSR count). The minimum atomic E-state index is -3.33. The molecule has 0 saturated heterocycles. The van der Waals surface area contributed by atoms with Crippen molar-refractivity contribution in [1.29, 1.82) is 5.26 Å². The van der Waals surface area contributed by atoms with E-state index in [9.17, 15) is 8.42 Å². The Morgan fingerprint density at radius 3 is 2.18 bits per heavy atom. The van der Waals surface area contributed by atoms with E-state index >= 15 is 0 Å². The second kappa shape index (κ2) is 4.86. The molecule has 0 unspecified atom stereocenters. The molecule has 0 aliphatic rings. The predicted octanol–water partition coefficient (Wildman–Crippen LogP) is 1.78. The van der Waals surface area contributed by atoms with Crippen molar-refractivity contribution in [2.45, 2.75) is 32.1 Å². The molecule has 0 bridgehead atoms. The van der Waals surface area contributed by atoms with Gasteiger partial charge in [-0.15, -0.1) is 0 Å². The van der Waals surface area contributed by atoms with Crippen LogP contribution in [0.5, 0.6) is 0 Å². The first-order chi connectivity index (χ1) is 7.76. The van der Waals surface area contributed by atoms with Crippen LogP contribution < -0.4 is 4.72 Å². The minimum absolute atomic E-state index is 0.241. The summed E-state index contributed by atoms with van der Waals surface area (Å²) in [6, 6.07) is 8.83. The number of nitrogens with one attached hydrogen (secondary N) is 1. The van der Waals surface area contributed by atoms with Gasteiger partial charge >= 0.3 is 0 Å². The summed E-state index contributed by atoms with van der Waals surface area (Å²) in [5.41, 5.74) is 1.39. The van der Waals surface area contributed by atoms with Gasteiger partial charge in [0.05, 0.1) is 16.4 Å². The van der Waals surface area contributed by atoms with Crippen LogP contribution in [0.15, 0.2) is 24.3 Å².